The predicted octanol–water partition coefficient (Wildman–Crippen LogP) is 3.57. The quantitative estimate of drug-likeness (QED) is 0.734. The Hall–Kier alpha value is -0.370. The number of Topliss-reactive ketones (excluding diaryl/α,β-unsaturated/α-hetero) is 1. The maximum atomic E-state index is 12.3. The molecule has 112 valence electrons. The molecular weight excluding hydrogens is 248 g/mol. The van der Waals surface area contributed by atoms with E-state index in [1.54, 1.807) is 0 Å². The van der Waals surface area contributed by atoms with Crippen molar-refractivity contribution in [3.63, 3.8) is 0 Å². The molecule has 20 heavy (non-hydrogen) atoms. The highest BCUT2D eigenvalue weighted by Crippen LogP contribution is 2.60. The van der Waals surface area contributed by atoms with Crippen LogP contribution in [0.2, 0.25) is 0 Å². The van der Waals surface area contributed by atoms with Crippen molar-refractivity contribution in [3.05, 3.63) is 0 Å². The Balaban J connectivity index is 1.56. The molecule has 0 spiro atoms. The van der Waals surface area contributed by atoms with Crippen LogP contribution in [-0.2, 0) is 4.79 Å². The van der Waals surface area contributed by atoms with Crippen LogP contribution < -0.4 is 0 Å². The molecule has 0 aromatic rings. The lowest BCUT2D eigenvalue weighted by atomic mass is 9.52. The summed E-state index contributed by atoms with van der Waals surface area (Å²) in [4.78, 5) is 12.3. The zero-order valence-electron chi connectivity index (χ0n) is 12.7. The van der Waals surface area contributed by atoms with E-state index in [0.717, 1.165) is 55.8 Å². The highest BCUT2D eigenvalue weighted by atomic mass is 16.3. The van der Waals surface area contributed by atoms with Crippen molar-refractivity contribution in [2.24, 2.45) is 35.0 Å². The second-order valence-electron chi connectivity index (χ2n) is 8.41. The summed E-state index contributed by atoms with van der Waals surface area (Å²) in [6.45, 7) is 2.26. The van der Waals surface area contributed by atoms with Crippen molar-refractivity contribution in [3.8, 4) is 0 Å². The molecule has 0 aromatic heterocycles. The number of hydrogen-bond donors (Lipinski definition) is 1. The molecule has 0 heterocycles. The van der Waals surface area contributed by atoms with Crippen LogP contribution in [0.25, 0.3) is 0 Å². The van der Waals surface area contributed by atoms with Crippen LogP contribution in [0.5, 0.6) is 0 Å². The van der Waals surface area contributed by atoms with E-state index in [-0.39, 0.29) is 11.5 Å². The van der Waals surface area contributed by atoms with E-state index in [1.807, 2.05) is 0 Å². The van der Waals surface area contributed by atoms with Gasteiger partial charge in [-0.1, -0.05) is 6.92 Å². The summed E-state index contributed by atoms with van der Waals surface area (Å²) in [5, 5.41) is 9.93. The number of hydrogen-bond acceptors (Lipinski definition) is 2. The van der Waals surface area contributed by atoms with Crippen LogP contribution in [0.15, 0.2) is 0 Å². The number of carbonyl (C=O) groups is 1. The van der Waals surface area contributed by atoms with Crippen LogP contribution in [0.3, 0.4) is 0 Å². The fourth-order valence-electron chi connectivity index (χ4n) is 6.43. The Kier molecular flexibility index (Phi) is 3.03. The SMILES string of the molecule is C[C@]12CC[C@@H]3C[C@@H]4C[C@@H](O)CC[C@H]4C[C@H]3[C@@H]1CCC2=O. The van der Waals surface area contributed by atoms with Gasteiger partial charge in [0.1, 0.15) is 5.78 Å². The maximum Gasteiger partial charge on any atom is 0.139 e. The molecule has 0 amide bonds. The topological polar surface area (TPSA) is 37.3 Å². The van der Waals surface area contributed by atoms with Crippen molar-refractivity contribution >= 4 is 5.78 Å². The van der Waals surface area contributed by atoms with Gasteiger partial charge in [-0.15, -0.1) is 0 Å². The van der Waals surface area contributed by atoms with E-state index in [2.05, 4.69) is 6.92 Å². The molecule has 0 aliphatic heterocycles. The summed E-state index contributed by atoms with van der Waals surface area (Å²) in [6.07, 6.45) is 10.4. The first-order chi connectivity index (χ1) is 9.58. The molecule has 1 N–H and O–H groups in total. The predicted molar refractivity (Wildman–Crippen MR) is 78.1 cm³/mol. The van der Waals surface area contributed by atoms with Gasteiger partial charge in [0, 0.05) is 11.8 Å². The number of fused-ring (bicyclic) bond motifs is 4. The minimum Gasteiger partial charge on any atom is -0.393 e. The molecule has 0 saturated heterocycles. The molecule has 4 aliphatic rings. The Morgan fingerprint density at radius 3 is 2.70 bits per heavy atom. The van der Waals surface area contributed by atoms with Gasteiger partial charge >= 0.3 is 0 Å². The zero-order valence-corrected chi connectivity index (χ0v) is 12.7. The highest BCUT2D eigenvalue weighted by molar-refractivity contribution is 5.87. The Bertz CT molecular complexity index is 418. The molecule has 0 unspecified atom stereocenters. The summed E-state index contributed by atoms with van der Waals surface area (Å²) in [7, 11) is 0. The number of carbonyl (C=O) groups excluding carboxylic acids is 1. The van der Waals surface area contributed by atoms with Gasteiger partial charge in [0.25, 0.3) is 0 Å². The third kappa shape index (κ3) is 1.83. The molecule has 7 atom stereocenters. The van der Waals surface area contributed by atoms with Gasteiger partial charge in [0.2, 0.25) is 0 Å². The molecule has 2 heteroatoms. The van der Waals surface area contributed by atoms with E-state index in [1.165, 1.54) is 25.7 Å². The van der Waals surface area contributed by atoms with Gasteiger partial charge in [-0.25, -0.2) is 0 Å². The average molecular weight is 276 g/mol. The normalized spacial score (nSPS) is 55.0. The first-order valence-corrected chi connectivity index (χ1v) is 8.79. The van der Waals surface area contributed by atoms with Crippen LogP contribution in [0.1, 0.15) is 64.7 Å². The molecule has 0 bridgehead atoms. The first-order valence-electron chi connectivity index (χ1n) is 8.79. The molecule has 0 radical (unpaired) electrons. The Labute approximate surface area is 122 Å². The average Bonchev–Trinajstić information content (AvgIpc) is 2.73. The van der Waals surface area contributed by atoms with E-state index >= 15 is 0 Å². The molecule has 0 aromatic carbocycles. The van der Waals surface area contributed by atoms with Gasteiger partial charge in [-0.3, -0.25) is 4.79 Å². The summed E-state index contributed by atoms with van der Waals surface area (Å²) in [5.74, 6) is 4.53. The molecule has 4 saturated carbocycles. The van der Waals surface area contributed by atoms with Crippen LogP contribution >= 0.6 is 0 Å². The van der Waals surface area contributed by atoms with Gasteiger partial charge < -0.3 is 5.11 Å². The van der Waals surface area contributed by atoms with E-state index < -0.39 is 0 Å². The van der Waals surface area contributed by atoms with Crippen molar-refractivity contribution in [2.75, 3.05) is 0 Å². The third-order valence-electron chi connectivity index (χ3n) is 7.59. The second-order valence-corrected chi connectivity index (χ2v) is 8.41. The van der Waals surface area contributed by atoms with Crippen molar-refractivity contribution in [2.45, 2.75) is 70.8 Å². The lowest BCUT2D eigenvalue weighted by molar-refractivity contribution is -0.132. The monoisotopic (exact) mass is 276 g/mol. The Morgan fingerprint density at radius 1 is 1.00 bits per heavy atom. The zero-order chi connectivity index (χ0) is 13.9. The summed E-state index contributed by atoms with van der Waals surface area (Å²) < 4.78 is 0. The number of aliphatic hydroxyl groups is 1. The van der Waals surface area contributed by atoms with E-state index in [0.29, 0.717) is 11.7 Å². The summed E-state index contributed by atoms with van der Waals surface area (Å²) >= 11 is 0. The molecule has 4 fully saturated rings. The van der Waals surface area contributed by atoms with Gasteiger partial charge in [0.15, 0.2) is 0 Å². The lowest BCUT2D eigenvalue weighted by Gasteiger charge is -2.53. The van der Waals surface area contributed by atoms with Crippen molar-refractivity contribution in [1.29, 1.82) is 0 Å². The summed E-state index contributed by atoms with van der Waals surface area (Å²) in [5.41, 5.74) is 0.0299. The Morgan fingerprint density at radius 2 is 1.85 bits per heavy atom. The largest absolute Gasteiger partial charge is 0.393 e. The standard InChI is InChI=1S/C18H28O2/c1-18-7-6-12-8-13-9-14(19)3-2-11(13)10-15(12)16(18)4-5-17(18)20/h11-16,19H,2-10H2,1H3/t11-,12+,13+,14-,15+,16-,18-/m0/s1. The van der Waals surface area contributed by atoms with Crippen molar-refractivity contribution < 1.29 is 9.90 Å². The van der Waals surface area contributed by atoms with E-state index in [9.17, 15) is 9.90 Å². The van der Waals surface area contributed by atoms with Crippen molar-refractivity contribution in [1.82, 2.24) is 0 Å². The first kappa shape index (κ1) is 13.3. The van der Waals surface area contributed by atoms with Gasteiger partial charge in [-0.05, 0) is 81.0 Å². The minimum atomic E-state index is -0.0327. The smallest absolute Gasteiger partial charge is 0.139 e. The minimum absolute atomic E-state index is 0.0299. The molecule has 4 aliphatic carbocycles. The third-order valence-corrected chi connectivity index (χ3v) is 7.59. The van der Waals surface area contributed by atoms with Gasteiger partial charge in [0.05, 0.1) is 6.10 Å². The number of ketones is 1. The fourth-order valence-corrected chi connectivity index (χ4v) is 6.43. The maximum absolute atomic E-state index is 12.3. The highest BCUT2D eigenvalue weighted by Gasteiger charge is 2.55. The lowest BCUT2D eigenvalue weighted by Crippen LogP contribution is -2.47. The fraction of sp³-hybridized carbons (Fsp3) is 0.944. The summed E-state index contributed by atoms with van der Waals surface area (Å²) in [6, 6.07) is 0. The van der Waals surface area contributed by atoms with E-state index in [4.69, 9.17) is 0 Å². The second kappa shape index (κ2) is 4.56. The van der Waals surface area contributed by atoms with Crippen LogP contribution in [0.4, 0.5) is 0 Å². The number of rotatable bonds is 0. The van der Waals surface area contributed by atoms with Crippen LogP contribution in [0, 0.1) is 35.0 Å². The van der Waals surface area contributed by atoms with Gasteiger partial charge in [-0.2, -0.15) is 0 Å². The molecular formula is C18H28O2. The van der Waals surface area contributed by atoms with Crippen LogP contribution in [-0.4, -0.2) is 17.0 Å². The molecule has 4 rings (SSSR count). The number of aliphatic hydroxyl groups excluding tert-OH is 1. The molecule has 2 nitrogen and oxygen atoms in total.